The van der Waals surface area contributed by atoms with Crippen LogP contribution in [0.3, 0.4) is 0 Å². The average Bonchev–Trinajstić information content (AvgIpc) is 2.85. The van der Waals surface area contributed by atoms with Crippen LogP contribution in [0.5, 0.6) is 0 Å². The molecule has 0 aliphatic carbocycles. The Balaban J connectivity index is 2.68. The summed E-state index contributed by atoms with van der Waals surface area (Å²) in [5, 5.41) is 2.54. The van der Waals surface area contributed by atoms with Crippen molar-refractivity contribution in [2.75, 3.05) is 12.9 Å². The van der Waals surface area contributed by atoms with Crippen LogP contribution in [0.2, 0.25) is 0 Å². The molecule has 5 nitrogen and oxygen atoms in total. The monoisotopic (exact) mass is 360 g/mol. The number of halogens is 3. The van der Waals surface area contributed by atoms with E-state index < -0.39 is 40.3 Å². The molecule has 1 unspecified atom stereocenters. The number of nitrogens with zero attached hydrogens (tertiary/aromatic N) is 1. The number of hydrogen-bond acceptors (Lipinski definition) is 3. The lowest BCUT2D eigenvalue weighted by atomic mass is 9.96. The Hall–Kier alpha value is -2.16. The third-order valence-electron chi connectivity index (χ3n) is 3.68. The molecule has 1 atom stereocenters. The number of carbonyl (C=O) groups excluding carboxylic acids is 1. The molecular weight excluding hydrogens is 345 g/mol. The maximum atomic E-state index is 13.8. The summed E-state index contributed by atoms with van der Waals surface area (Å²) < 4.78 is 53.2. The number of carbonyl (C=O) groups is 1. The Bertz CT molecular complexity index is 887. The summed E-state index contributed by atoms with van der Waals surface area (Å²) in [6.45, 7) is -0.596. The van der Waals surface area contributed by atoms with Crippen LogP contribution in [0.4, 0.5) is 13.2 Å². The molecule has 0 radical (unpaired) electrons. The van der Waals surface area contributed by atoms with Crippen LogP contribution in [0, 0.1) is 6.92 Å². The summed E-state index contributed by atoms with van der Waals surface area (Å²) in [4.78, 5) is 24.1. The standard InChI is InChI=1S/C15H15F3N2O3S/c1-8-9(12(21)10-6-19-20(2)14(10)22)4-5-11(13(8)24(3)23)15(17,18)7-16/h4-6,19H,7H2,1-3H3. The van der Waals surface area contributed by atoms with Gasteiger partial charge >= 0.3 is 5.92 Å². The van der Waals surface area contributed by atoms with Gasteiger partial charge in [0.1, 0.15) is 5.56 Å². The van der Waals surface area contributed by atoms with Gasteiger partial charge in [-0.05, 0) is 12.5 Å². The van der Waals surface area contributed by atoms with Gasteiger partial charge in [-0.25, -0.2) is 4.39 Å². The van der Waals surface area contributed by atoms with E-state index >= 15 is 0 Å². The van der Waals surface area contributed by atoms with Gasteiger partial charge < -0.3 is 5.10 Å². The zero-order valence-electron chi connectivity index (χ0n) is 13.2. The van der Waals surface area contributed by atoms with Gasteiger partial charge in [-0.2, -0.15) is 8.78 Å². The van der Waals surface area contributed by atoms with Gasteiger partial charge in [-0.15, -0.1) is 0 Å². The topological polar surface area (TPSA) is 71.9 Å². The summed E-state index contributed by atoms with van der Waals surface area (Å²) in [7, 11) is -0.454. The summed E-state index contributed by atoms with van der Waals surface area (Å²) >= 11 is 0. The highest BCUT2D eigenvalue weighted by Crippen LogP contribution is 2.35. The minimum Gasteiger partial charge on any atom is -0.302 e. The molecule has 0 saturated carbocycles. The van der Waals surface area contributed by atoms with E-state index in [1.807, 2.05) is 0 Å². The molecule has 0 fully saturated rings. The van der Waals surface area contributed by atoms with Crippen molar-refractivity contribution in [1.29, 1.82) is 0 Å². The van der Waals surface area contributed by atoms with Crippen molar-refractivity contribution in [3.8, 4) is 0 Å². The highest BCUT2D eigenvalue weighted by molar-refractivity contribution is 7.84. The number of alkyl halides is 3. The zero-order valence-corrected chi connectivity index (χ0v) is 14.0. The largest absolute Gasteiger partial charge is 0.302 e. The van der Waals surface area contributed by atoms with E-state index in [2.05, 4.69) is 5.10 Å². The Labute approximate surface area is 137 Å². The molecule has 1 heterocycles. The lowest BCUT2D eigenvalue weighted by molar-refractivity contribution is -0.0307. The fraction of sp³-hybridized carbons (Fsp3) is 0.333. The van der Waals surface area contributed by atoms with E-state index in [0.29, 0.717) is 0 Å². The molecule has 2 aromatic rings. The zero-order chi connectivity index (χ0) is 18.2. The van der Waals surface area contributed by atoms with Crippen LogP contribution in [0.1, 0.15) is 27.0 Å². The van der Waals surface area contributed by atoms with Crippen molar-refractivity contribution in [3.63, 3.8) is 0 Å². The molecule has 0 aliphatic rings. The minimum absolute atomic E-state index is 0.0321. The second-order valence-corrected chi connectivity index (χ2v) is 6.60. The lowest BCUT2D eigenvalue weighted by Crippen LogP contribution is -2.22. The number of rotatable bonds is 5. The minimum atomic E-state index is -3.81. The molecular formula is C15H15F3N2O3S. The van der Waals surface area contributed by atoms with Crippen LogP contribution < -0.4 is 5.56 Å². The molecule has 9 heteroatoms. The molecule has 130 valence electrons. The Morgan fingerprint density at radius 1 is 1.33 bits per heavy atom. The van der Waals surface area contributed by atoms with E-state index in [1.165, 1.54) is 26.4 Å². The molecule has 1 aromatic heterocycles. The molecule has 0 saturated heterocycles. The maximum Gasteiger partial charge on any atom is 0.302 e. The number of nitrogens with one attached hydrogen (secondary N) is 1. The molecule has 0 aliphatic heterocycles. The number of aromatic nitrogens is 2. The second-order valence-electron chi connectivity index (χ2n) is 5.29. The summed E-state index contributed by atoms with van der Waals surface area (Å²) in [6.07, 6.45) is 2.38. The molecule has 1 aromatic carbocycles. The number of aromatic amines is 1. The van der Waals surface area contributed by atoms with Crippen LogP contribution >= 0.6 is 0 Å². The lowest BCUT2D eigenvalue weighted by Gasteiger charge is -2.19. The number of hydrogen-bond donors (Lipinski definition) is 1. The summed E-state index contributed by atoms with van der Waals surface area (Å²) in [5.74, 6) is -4.49. The summed E-state index contributed by atoms with van der Waals surface area (Å²) in [6, 6.07) is 1.98. The highest BCUT2D eigenvalue weighted by atomic mass is 32.2. The van der Waals surface area contributed by atoms with Gasteiger partial charge in [0.05, 0.1) is 15.7 Å². The molecule has 0 spiro atoms. The molecule has 0 bridgehead atoms. The van der Waals surface area contributed by atoms with Gasteiger partial charge in [0.25, 0.3) is 5.56 Å². The Morgan fingerprint density at radius 2 is 1.96 bits per heavy atom. The van der Waals surface area contributed by atoms with E-state index in [0.717, 1.165) is 16.8 Å². The smallest absolute Gasteiger partial charge is 0.302 e. The number of aryl methyl sites for hydroxylation is 1. The first-order chi connectivity index (χ1) is 11.1. The van der Waals surface area contributed by atoms with Crippen molar-refractivity contribution in [2.24, 2.45) is 7.05 Å². The van der Waals surface area contributed by atoms with Crippen LogP contribution in [0.25, 0.3) is 0 Å². The SMILES string of the molecule is Cc1c(C(=O)c2c[nH]n(C)c2=O)ccc(C(F)(F)CF)c1S(C)=O. The number of H-pyrrole nitrogens is 1. The van der Waals surface area contributed by atoms with E-state index in [1.54, 1.807) is 0 Å². The van der Waals surface area contributed by atoms with Gasteiger partial charge in [0.15, 0.2) is 12.5 Å². The highest BCUT2D eigenvalue weighted by Gasteiger charge is 2.36. The predicted octanol–water partition coefficient (Wildman–Crippen LogP) is 2.05. The molecule has 1 N–H and O–H groups in total. The number of ketones is 1. The predicted molar refractivity (Wildman–Crippen MR) is 82.8 cm³/mol. The van der Waals surface area contributed by atoms with Crippen LogP contribution in [-0.2, 0) is 23.8 Å². The third-order valence-corrected chi connectivity index (χ3v) is 4.78. The number of benzene rings is 1. The van der Waals surface area contributed by atoms with Crippen molar-refractivity contribution < 1.29 is 22.2 Å². The molecule has 0 amide bonds. The first-order valence-electron chi connectivity index (χ1n) is 6.82. The third kappa shape index (κ3) is 2.95. The maximum absolute atomic E-state index is 13.8. The van der Waals surface area contributed by atoms with Crippen molar-refractivity contribution >= 4 is 16.6 Å². The normalized spacial score (nSPS) is 13.1. The van der Waals surface area contributed by atoms with Gasteiger partial charge in [0.2, 0.25) is 0 Å². The summed E-state index contributed by atoms with van der Waals surface area (Å²) in [5.41, 5.74) is -1.46. The van der Waals surface area contributed by atoms with Crippen molar-refractivity contribution in [2.45, 2.75) is 17.7 Å². The Morgan fingerprint density at radius 3 is 2.42 bits per heavy atom. The van der Waals surface area contributed by atoms with E-state index in [4.69, 9.17) is 0 Å². The fourth-order valence-corrected chi connectivity index (χ4v) is 3.51. The average molecular weight is 360 g/mol. The van der Waals surface area contributed by atoms with Gasteiger partial charge in [-0.3, -0.25) is 18.5 Å². The fourth-order valence-electron chi connectivity index (χ4n) is 2.44. The van der Waals surface area contributed by atoms with E-state index in [9.17, 15) is 27.0 Å². The quantitative estimate of drug-likeness (QED) is 0.830. The molecule has 2 rings (SSSR count). The van der Waals surface area contributed by atoms with Crippen LogP contribution in [-0.4, -0.2) is 32.7 Å². The molecule has 24 heavy (non-hydrogen) atoms. The second kappa shape index (κ2) is 6.39. The van der Waals surface area contributed by atoms with Crippen molar-refractivity contribution in [3.05, 3.63) is 50.9 Å². The first-order valence-corrected chi connectivity index (χ1v) is 8.38. The first kappa shape index (κ1) is 18.2. The van der Waals surface area contributed by atoms with Crippen molar-refractivity contribution in [1.82, 2.24) is 9.78 Å². The van der Waals surface area contributed by atoms with E-state index in [-0.39, 0.29) is 21.6 Å². The van der Waals surface area contributed by atoms with Gasteiger partial charge in [-0.1, -0.05) is 12.1 Å². The van der Waals surface area contributed by atoms with Gasteiger partial charge in [0, 0.05) is 30.6 Å². The Kier molecular flexibility index (Phi) is 4.84. The van der Waals surface area contributed by atoms with Crippen LogP contribution in [0.15, 0.2) is 28.0 Å².